The first-order valence-corrected chi connectivity index (χ1v) is 13.0. The molecule has 2 heterocycles. The molecular formula is C28H33N3O3S. The Labute approximate surface area is 211 Å². The third-order valence-corrected chi connectivity index (χ3v) is 7.33. The zero-order valence-corrected chi connectivity index (χ0v) is 21.2. The molecule has 35 heavy (non-hydrogen) atoms. The maximum Gasteiger partial charge on any atom is 0.322 e. The maximum absolute atomic E-state index is 13.7. The van der Waals surface area contributed by atoms with Gasteiger partial charge in [-0.25, -0.2) is 4.79 Å². The topological polar surface area (TPSA) is 61.9 Å². The fraction of sp³-hybridized carbons (Fsp3) is 0.357. The van der Waals surface area contributed by atoms with Crippen LogP contribution in [0.25, 0.3) is 0 Å². The molecule has 2 aromatic carbocycles. The first-order chi connectivity index (χ1) is 17.0. The van der Waals surface area contributed by atoms with E-state index < -0.39 is 0 Å². The van der Waals surface area contributed by atoms with Gasteiger partial charge >= 0.3 is 6.03 Å². The number of nitrogens with zero attached hydrogens (tertiary/aromatic N) is 2. The van der Waals surface area contributed by atoms with Crippen molar-refractivity contribution in [3.63, 3.8) is 0 Å². The molecule has 0 radical (unpaired) electrons. The summed E-state index contributed by atoms with van der Waals surface area (Å²) in [5.41, 5.74) is 3.96. The number of rotatable bonds is 9. The lowest BCUT2D eigenvalue weighted by Gasteiger charge is -2.29. The third-order valence-electron chi connectivity index (χ3n) is 6.32. The minimum Gasteiger partial charge on any atom is -0.376 e. The fourth-order valence-electron chi connectivity index (χ4n) is 4.20. The van der Waals surface area contributed by atoms with Crippen molar-refractivity contribution in [2.24, 2.45) is 0 Å². The molecule has 0 spiro atoms. The van der Waals surface area contributed by atoms with Crippen molar-refractivity contribution in [3.8, 4) is 0 Å². The maximum atomic E-state index is 13.7. The Balaban J connectivity index is 1.52. The van der Waals surface area contributed by atoms with Crippen molar-refractivity contribution in [1.29, 1.82) is 0 Å². The van der Waals surface area contributed by atoms with Crippen molar-refractivity contribution in [2.45, 2.75) is 45.9 Å². The van der Waals surface area contributed by atoms with E-state index in [-0.39, 0.29) is 24.6 Å². The molecule has 1 aromatic heterocycles. The number of benzene rings is 2. The van der Waals surface area contributed by atoms with Gasteiger partial charge in [-0.3, -0.25) is 4.79 Å². The fourth-order valence-corrected chi connectivity index (χ4v) is 5.12. The smallest absolute Gasteiger partial charge is 0.322 e. The number of carbonyl (C=O) groups excluding carboxylic acids is 2. The Morgan fingerprint density at radius 1 is 0.971 bits per heavy atom. The highest BCUT2D eigenvalue weighted by molar-refractivity contribution is 7.10. The predicted octanol–water partition coefficient (Wildman–Crippen LogP) is 5.61. The van der Waals surface area contributed by atoms with Gasteiger partial charge in [0.25, 0.3) is 0 Å². The van der Waals surface area contributed by atoms with E-state index in [2.05, 4.69) is 23.7 Å². The monoisotopic (exact) mass is 491 g/mol. The normalized spacial score (nSPS) is 15.1. The standard InChI is InChI=1S/C28H33N3O3S/c1-21-9-6-7-13-25(21)29-28(33)31(18-24-12-8-15-34-24)20-27(32)30(17-23-10-4-3-5-11-23)19-26-22(2)14-16-35-26/h3-7,9-11,13-14,16,24H,8,12,15,17-20H2,1-2H3,(H,29,33). The summed E-state index contributed by atoms with van der Waals surface area (Å²) in [7, 11) is 0. The lowest BCUT2D eigenvalue weighted by atomic mass is 10.2. The van der Waals surface area contributed by atoms with Crippen LogP contribution in [0.3, 0.4) is 0 Å². The molecule has 6 nitrogen and oxygen atoms in total. The zero-order chi connectivity index (χ0) is 24.6. The molecule has 0 bridgehead atoms. The van der Waals surface area contributed by atoms with Gasteiger partial charge in [0.15, 0.2) is 0 Å². The van der Waals surface area contributed by atoms with Crippen LogP contribution in [0, 0.1) is 13.8 Å². The van der Waals surface area contributed by atoms with Crippen LogP contribution in [-0.4, -0.2) is 47.5 Å². The van der Waals surface area contributed by atoms with E-state index in [4.69, 9.17) is 4.74 Å². The quantitative estimate of drug-likeness (QED) is 0.423. The number of aryl methyl sites for hydroxylation is 2. The Bertz CT molecular complexity index is 1130. The van der Waals surface area contributed by atoms with E-state index in [1.807, 2.05) is 66.4 Å². The number of para-hydroxylation sites is 1. The molecule has 1 aliphatic rings. The van der Waals surface area contributed by atoms with Gasteiger partial charge in [0.1, 0.15) is 6.54 Å². The van der Waals surface area contributed by atoms with Crippen LogP contribution in [0.15, 0.2) is 66.0 Å². The molecule has 1 aliphatic heterocycles. The minimum absolute atomic E-state index is 0.00513. The SMILES string of the molecule is Cc1ccccc1NC(=O)N(CC(=O)N(Cc1ccccc1)Cc1sccc1C)CC1CCCO1. The van der Waals surface area contributed by atoms with E-state index in [9.17, 15) is 9.59 Å². The Hall–Kier alpha value is -3.16. The summed E-state index contributed by atoms with van der Waals surface area (Å²) in [4.78, 5) is 31.6. The zero-order valence-electron chi connectivity index (χ0n) is 20.4. The van der Waals surface area contributed by atoms with Gasteiger partial charge in [-0.1, -0.05) is 48.5 Å². The van der Waals surface area contributed by atoms with E-state index >= 15 is 0 Å². The van der Waals surface area contributed by atoms with Crippen molar-refractivity contribution >= 4 is 29.0 Å². The molecule has 3 aromatic rings. The van der Waals surface area contributed by atoms with Crippen LogP contribution >= 0.6 is 11.3 Å². The van der Waals surface area contributed by atoms with Gasteiger partial charge in [0.2, 0.25) is 5.91 Å². The Kier molecular flexibility index (Phi) is 8.55. The molecule has 0 saturated carbocycles. The molecule has 7 heteroatoms. The van der Waals surface area contributed by atoms with Crippen LogP contribution in [0.2, 0.25) is 0 Å². The van der Waals surface area contributed by atoms with E-state index in [1.54, 1.807) is 16.2 Å². The molecule has 4 rings (SSSR count). The van der Waals surface area contributed by atoms with Gasteiger partial charge in [0.05, 0.1) is 12.6 Å². The summed E-state index contributed by atoms with van der Waals surface area (Å²) in [6.45, 7) is 6.11. The van der Waals surface area contributed by atoms with E-state index in [0.29, 0.717) is 26.2 Å². The predicted molar refractivity (Wildman–Crippen MR) is 140 cm³/mol. The second kappa shape index (κ2) is 12.0. The van der Waals surface area contributed by atoms with Gasteiger partial charge in [-0.05, 0) is 60.9 Å². The highest BCUT2D eigenvalue weighted by atomic mass is 32.1. The number of anilines is 1. The molecule has 0 aliphatic carbocycles. The molecule has 3 amide bonds. The Morgan fingerprint density at radius 2 is 1.74 bits per heavy atom. The summed E-state index contributed by atoms with van der Waals surface area (Å²) >= 11 is 1.65. The molecule has 1 saturated heterocycles. The molecule has 1 unspecified atom stereocenters. The van der Waals surface area contributed by atoms with Gasteiger partial charge in [-0.15, -0.1) is 11.3 Å². The van der Waals surface area contributed by atoms with Crippen LogP contribution < -0.4 is 5.32 Å². The second-order valence-corrected chi connectivity index (χ2v) is 10.0. The second-order valence-electron chi connectivity index (χ2n) is 9.02. The van der Waals surface area contributed by atoms with Crippen LogP contribution in [0.4, 0.5) is 10.5 Å². The summed E-state index contributed by atoms with van der Waals surface area (Å²) in [6.07, 6.45) is 1.82. The number of hydrogen-bond donors (Lipinski definition) is 1. The van der Waals surface area contributed by atoms with Crippen LogP contribution in [0.1, 0.15) is 34.4 Å². The molecule has 1 N–H and O–H groups in total. The van der Waals surface area contributed by atoms with Gasteiger partial charge in [0, 0.05) is 30.3 Å². The number of nitrogens with one attached hydrogen (secondary N) is 1. The third kappa shape index (κ3) is 6.93. The van der Waals surface area contributed by atoms with Crippen molar-refractivity contribution in [1.82, 2.24) is 9.80 Å². The number of ether oxygens (including phenoxy) is 1. The lowest BCUT2D eigenvalue weighted by Crippen LogP contribution is -2.46. The number of amides is 3. The van der Waals surface area contributed by atoms with Crippen molar-refractivity contribution < 1.29 is 14.3 Å². The summed E-state index contributed by atoms with van der Waals surface area (Å²) in [5.74, 6) is -0.0837. The molecule has 1 atom stereocenters. The average molecular weight is 492 g/mol. The van der Waals surface area contributed by atoms with E-state index in [0.717, 1.165) is 34.5 Å². The highest BCUT2D eigenvalue weighted by Gasteiger charge is 2.27. The number of hydrogen-bond acceptors (Lipinski definition) is 4. The number of thiophene rings is 1. The van der Waals surface area contributed by atoms with Crippen molar-refractivity contribution in [2.75, 3.05) is 25.0 Å². The molecule has 184 valence electrons. The summed E-state index contributed by atoms with van der Waals surface area (Å²) < 4.78 is 5.80. The van der Waals surface area contributed by atoms with Crippen molar-refractivity contribution in [3.05, 3.63) is 87.6 Å². The first kappa shape index (κ1) is 24.9. The summed E-state index contributed by atoms with van der Waals surface area (Å²) in [5, 5.41) is 5.05. The minimum atomic E-state index is -0.282. The lowest BCUT2D eigenvalue weighted by molar-refractivity contribution is -0.133. The Morgan fingerprint density at radius 3 is 2.43 bits per heavy atom. The van der Waals surface area contributed by atoms with Gasteiger partial charge < -0.3 is 19.9 Å². The first-order valence-electron chi connectivity index (χ1n) is 12.1. The highest BCUT2D eigenvalue weighted by Crippen LogP contribution is 2.21. The van der Waals surface area contributed by atoms with E-state index in [1.165, 1.54) is 5.56 Å². The molecule has 1 fully saturated rings. The van der Waals surface area contributed by atoms with Crippen LogP contribution in [-0.2, 0) is 22.6 Å². The average Bonchev–Trinajstić information content (AvgIpc) is 3.52. The van der Waals surface area contributed by atoms with Crippen LogP contribution in [0.5, 0.6) is 0 Å². The largest absolute Gasteiger partial charge is 0.376 e. The van der Waals surface area contributed by atoms with Gasteiger partial charge in [-0.2, -0.15) is 0 Å². The summed E-state index contributed by atoms with van der Waals surface area (Å²) in [6, 6.07) is 19.4. The number of urea groups is 1. The number of carbonyl (C=O) groups is 2. The molecular weight excluding hydrogens is 458 g/mol.